The maximum Gasteiger partial charge on any atom is 0.175 e. The van der Waals surface area contributed by atoms with E-state index in [1.807, 2.05) is 0 Å². The highest BCUT2D eigenvalue weighted by Crippen LogP contribution is 2.35. The lowest BCUT2D eigenvalue weighted by Crippen LogP contribution is -2.39. The van der Waals surface area contributed by atoms with Crippen LogP contribution in [-0.2, 0) is 9.59 Å². The van der Waals surface area contributed by atoms with E-state index < -0.39 is 11.8 Å². The van der Waals surface area contributed by atoms with E-state index in [2.05, 4.69) is 0 Å². The molecule has 96 valence electrons. The number of benzene rings is 1. The molecule has 0 atom stereocenters. The van der Waals surface area contributed by atoms with Crippen LogP contribution in [0.15, 0.2) is 24.3 Å². The van der Waals surface area contributed by atoms with Crippen molar-refractivity contribution < 1.29 is 19.2 Å². The van der Waals surface area contributed by atoms with Crippen molar-refractivity contribution in [3.63, 3.8) is 0 Å². The summed E-state index contributed by atoms with van der Waals surface area (Å²) in [5, 5.41) is 0. The molecular weight excluding hydrogens is 244 g/mol. The number of hydrogen-bond acceptors (Lipinski definition) is 4. The SMILES string of the molecule is O=C1CCCC(=O)C1C1C(=O)c2ccccc2C1=O. The fraction of sp³-hybridized carbons (Fsp3) is 0.333. The molecule has 0 spiro atoms. The number of hydrogen-bond donors (Lipinski definition) is 0. The Hall–Kier alpha value is -2.10. The van der Waals surface area contributed by atoms with Crippen LogP contribution in [0.25, 0.3) is 0 Å². The van der Waals surface area contributed by atoms with Crippen molar-refractivity contribution in [1.82, 2.24) is 0 Å². The Labute approximate surface area is 109 Å². The fourth-order valence-electron chi connectivity index (χ4n) is 2.97. The van der Waals surface area contributed by atoms with E-state index in [0.29, 0.717) is 17.5 Å². The van der Waals surface area contributed by atoms with E-state index in [9.17, 15) is 19.2 Å². The highest BCUT2D eigenvalue weighted by Gasteiger charge is 2.49. The summed E-state index contributed by atoms with van der Waals surface area (Å²) in [5.41, 5.74) is 0.673. The van der Waals surface area contributed by atoms with E-state index in [-0.39, 0.29) is 36.0 Å². The number of Topliss-reactive ketones (excluding diaryl/α,β-unsaturated/α-hetero) is 4. The summed E-state index contributed by atoms with van der Waals surface area (Å²) >= 11 is 0. The van der Waals surface area contributed by atoms with Crippen LogP contribution in [0.2, 0.25) is 0 Å². The van der Waals surface area contributed by atoms with E-state index in [4.69, 9.17) is 0 Å². The van der Waals surface area contributed by atoms with Gasteiger partial charge in [-0.05, 0) is 6.42 Å². The number of ketones is 4. The molecular formula is C15H12O4. The van der Waals surface area contributed by atoms with Gasteiger partial charge in [-0.2, -0.15) is 0 Å². The Bertz CT molecular complexity index is 563. The smallest absolute Gasteiger partial charge is 0.175 e. The van der Waals surface area contributed by atoms with E-state index >= 15 is 0 Å². The Balaban J connectivity index is 2.04. The molecule has 2 aliphatic rings. The van der Waals surface area contributed by atoms with Gasteiger partial charge >= 0.3 is 0 Å². The third kappa shape index (κ3) is 1.67. The summed E-state index contributed by atoms with van der Waals surface area (Å²) in [7, 11) is 0. The highest BCUT2D eigenvalue weighted by atomic mass is 16.2. The molecule has 4 heteroatoms. The van der Waals surface area contributed by atoms with Crippen molar-refractivity contribution in [3.05, 3.63) is 35.4 Å². The van der Waals surface area contributed by atoms with Gasteiger partial charge in [0, 0.05) is 24.0 Å². The normalized spacial score (nSPS) is 21.1. The van der Waals surface area contributed by atoms with Gasteiger partial charge in [0.05, 0.1) is 5.92 Å². The van der Waals surface area contributed by atoms with Crippen LogP contribution >= 0.6 is 0 Å². The van der Waals surface area contributed by atoms with E-state index in [1.54, 1.807) is 24.3 Å². The van der Waals surface area contributed by atoms with Crippen LogP contribution in [0.4, 0.5) is 0 Å². The molecule has 1 saturated carbocycles. The quantitative estimate of drug-likeness (QED) is 0.716. The topological polar surface area (TPSA) is 68.3 Å². The summed E-state index contributed by atoms with van der Waals surface area (Å²) in [5.74, 6) is -3.46. The van der Waals surface area contributed by atoms with Crippen molar-refractivity contribution in [3.8, 4) is 0 Å². The molecule has 0 radical (unpaired) electrons. The molecule has 0 aliphatic heterocycles. The molecule has 1 aromatic rings. The monoisotopic (exact) mass is 256 g/mol. The maximum atomic E-state index is 12.3. The minimum absolute atomic E-state index is 0.268. The summed E-state index contributed by atoms with van der Waals surface area (Å²) < 4.78 is 0. The zero-order valence-electron chi connectivity index (χ0n) is 10.2. The van der Waals surface area contributed by atoms with Gasteiger partial charge < -0.3 is 0 Å². The Morgan fingerprint density at radius 3 is 1.68 bits per heavy atom. The van der Waals surface area contributed by atoms with Gasteiger partial charge in [-0.25, -0.2) is 0 Å². The highest BCUT2D eigenvalue weighted by molar-refractivity contribution is 6.30. The van der Waals surface area contributed by atoms with Gasteiger partial charge in [0.1, 0.15) is 17.5 Å². The molecule has 0 unspecified atom stereocenters. The van der Waals surface area contributed by atoms with Crippen molar-refractivity contribution in [2.75, 3.05) is 0 Å². The number of carbonyl (C=O) groups is 4. The zero-order chi connectivity index (χ0) is 13.6. The van der Waals surface area contributed by atoms with Crippen molar-refractivity contribution in [2.45, 2.75) is 19.3 Å². The molecule has 0 amide bonds. The minimum Gasteiger partial charge on any atom is -0.299 e. The van der Waals surface area contributed by atoms with Crippen LogP contribution in [0.5, 0.6) is 0 Å². The lowest BCUT2D eigenvalue weighted by Gasteiger charge is -2.22. The summed E-state index contributed by atoms with van der Waals surface area (Å²) in [6.07, 6.45) is 1.09. The van der Waals surface area contributed by atoms with Crippen LogP contribution in [-0.4, -0.2) is 23.1 Å². The molecule has 0 heterocycles. The van der Waals surface area contributed by atoms with Crippen LogP contribution < -0.4 is 0 Å². The van der Waals surface area contributed by atoms with Crippen LogP contribution in [0, 0.1) is 11.8 Å². The van der Waals surface area contributed by atoms with Gasteiger partial charge in [-0.15, -0.1) is 0 Å². The maximum absolute atomic E-state index is 12.3. The summed E-state index contributed by atoms with van der Waals surface area (Å²) in [6, 6.07) is 6.51. The van der Waals surface area contributed by atoms with Gasteiger partial charge in [0.2, 0.25) is 0 Å². The second-order valence-corrected chi connectivity index (χ2v) is 5.02. The largest absolute Gasteiger partial charge is 0.299 e. The zero-order valence-corrected chi connectivity index (χ0v) is 10.2. The molecule has 3 rings (SSSR count). The average molecular weight is 256 g/mol. The van der Waals surface area contributed by atoms with Gasteiger partial charge in [-0.3, -0.25) is 19.2 Å². The average Bonchev–Trinajstić information content (AvgIpc) is 2.64. The van der Waals surface area contributed by atoms with Crippen LogP contribution in [0.1, 0.15) is 40.0 Å². The second kappa shape index (κ2) is 4.23. The standard InChI is InChI=1S/C15H12O4/c16-10-6-3-7-11(17)12(10)13-14(18)8-4-1-2-5-9(8)15(13)19/h1-2,4-5,12-13H,3,6-7H2. The third-order valence-corrected chi connectivity index (χ3v) is 3.90. The predicted octanol–water partition coefficient (Wildman–Crippen LogP) is 1.62. The Kier molecular flexibility index (Phi) is 2.66. The first-order valence-electron chi connectivity index (χ1n) is 6.34. The molecule has 2 aliphatic carbocycles. The van der Waals surface area contributed by atoms with Gasteiger partial charge in [-0.1, -0.05) is 24.3 Å². The number of rotatable bonds is 1. The van der Waals surface area contributed by atoms with Gasteiger partial charge in [0.25, 0.3) is 0 Å². The van der Waals surface area contributed by atoms with E-state index in [0.717, 1.165) is 0 Å². The lowest BCUT2D eigenvalue weighted by molar-refractivity contribution is -0.136. The fourth-order valence-corrected chi connectivity index (χ4v) is 2.97. The molecule has 0 bridgehead atoms. The molecule has 4 nitrogen and oxygen atoms in total. The first-order valence-corrected chi connectivity index (χ1v) is 6.34. The number of fused-ring (bicyclic) bond motifs is 1. The molecule has 0 saturated heterocycles. The first-order chi connectivity index (χ1) is 9.11. The number of carbonyl (C=O) groups excluding carboxylic acids is 4. The van der Waals surface area contributed by atoms with Crippen molar-refractivity contribution >= 4 is 23.1 Å². The predicted molar refractivity (Wildman–Crippen MR) is 65.9 cm³/mol. The van der Waals surface area contributed by atoms with Crippen molar-refractivity contribution in [2.24, 2.45) is 11.8 Å². The Morgan fingerprint density at radius 1 is 0.737 bits per heavy atom. The summed E-state index contributed by atoms with van der Waals surface area (Å²) in [6.45, 7) is 0. The van der Waals surface area contributed by atoms with Crippen LogP contribution in [0.3, 0.4) is 0 Å². The first kappa shape index (κ1) is 12.0. The molecule has 19 heavy (non-hydrogen) atoms. The second-order valence-electron chi connectivity index (χ2n) is 5.02. The molecule has 1 fully saturated rings. The summed E-state index contributed by atoms with van der Waals surface area (Å²) in [4.78, 5) is 48.4. The molecule has 0 aromatic heterocycles. The van der Waals surface area contributed by atoms with Crippen molar-refractivity contribution in [1.29, 1.82) is 0 Å². The molecule has 1 aromatic carbocycles. The molecule has 0 N–H and O–H groups in total. The lowest BCUT2D eigenvalue weighted by atomic mass is 9.76. The van der Waals surface area contributed by atoms with E-state index in [1.165, 1.54) is 0 Å². The Morgan fingerprint density at radius 2 is 1.21 bits per heavy atom. The van der Waals surface area contributed by atoms with Gasteiger partial charge in [0.15, 0.2) is 11.6 Å². The minimum atomic E-state index is -1.11. The third-order valence-electron chi connectivity index (χ3n) is 3.90.